The number of hydrogen-bond acceptors (Lipinski definition) is 3. The summed E-state index contributed by atoms with van der Waals surface area (Å²) >= 11 is 0. The zero-order valence-electron chi connectivity index (χ0n) is 13.4. The first-order valence-electron chi connectivity index (χ1n) is 7.76. The maximum atomic E-state index is 12.2. The molecule has 0 aliphatic rings. The summed E-state index contributed by atoms with van der Waals surface area (Å²) in [5.74, 6) is 0.239. The second kappa shape index (κ2) is 8.75. The van der Waals surface area contributed by atoms with Gasteiger partial charge in [0.1, 0.15) is 0 Å². The topological polar surface area (TPSA) is 23.6 Å². The fourth-order valence-corrected chi connectivity index (χ4v) is 2.39. The Hall–Kier alpha value is -1.35. The van der Waals surface area contributed by atoms with Crippen LogP contribution >= 0.6 is 0 Å². The normalized spacial score (nSPS) is 10.8. The van der Waals surface area contributed by atoms with Crippen molar-refractivity contribution in [2.75, 3.05) is 37.6 Å². The van der Waals surface area contributed by atoms with Gasteiger partial charge in [-0.25, -0.2) is 0 Å². The number of hydrogen-bond donors (Lipinski definition) is 0. The third kappa shape index (κ3) is 4.64. The number of carbonyl (C=O) groups excluding carboxylic acids is 1. The average molecular weight is 276 g/mol. The Morgan fingerprint density at radius 3 is 1.90 bits per heavy atom. The van der Waals surface area contributed by atoms with Crippen molar-refractivity contribution in [2.24, 2.45) is 0 Å². The first-order valence-corrected chi connectivity index (χ1v) is 7.76. The molecule has 1 rings (SSSR count). The molecular weight excluding hydrogens is 248 g/mol. The lowest BCUT2D eigenvalue weighted by Gasteiger charge is -2.21. The summed E-state index contributed by atoms with van der Waals surface area (Å²) in [7, 11) is 0. The van der Waals surface area contributed by atoms with Gasteiger partial charge in [0.25, 0.3) is 0 Å². The number of ketones is 1. The van der Waals surface area contributed by atoms with E-state index < -0.39 is 0 Å². The van der Waals surface area contributed by atoms with Crippen molar-refractivity contribution in [3.8, 4) is 0 Å². The van der Waals surface area contributed by atoms with Gasteiger partial charge in [-0.15, -0.1) is 0 Å². The van der Waals surface area contributed by atoms with Crippen molar-refractivity contribution >= 4 is 11.5 Å². The molecule has 3 nitrogen and oxygen atoms in total. The smallest absolute Gasteiger partial charge is 0.164 e. The van der Waals surface area contributed by atoms with Gasteiger partial charge in [-0.05, 0) is 51.2 Å². The van der Waals surface area contributed by atoms with Crippen molar-refractivity contribution in [3.63, 3.8) is 0 Å². The molecule has 20 heavy (non-hydrogen) atoms. The van der Waals surface area contributed by atoms with Gasteiger partial charge in [0.05, 0.1) is 0 Å². The monoisotopic (exact) mass is 276 g/mol. The maximum Gasteiger partial charge on any atom is 0.164 e. The van der Waals surface area contributed by atoms with Gasteiger partial charge >= 0.3 is 0 Å². The van der Waals surface area contributed by atoms with E-state index in [-0.39, 0.29) is 5.78 Å². The zero-order valence-corrected chi connectivity index (χ0v) is 13.4. The fourth-order valence-electron chi connectivity index (χ4n) is 2.39. The van der Waals surface area contributed by atoms with Crippen LogP contribution < -0.4 is 4.90 Å². The molecule has 0 aliphatic carbocycles. The molecule has 0 amide bonds. The quantitative estimate of drug-likeness (QED) is 0.645. The van der Waals surface area contributed by atoms with Crippen molar-refractivity contribution in [3.05, 3.63) is 29.8 Å². The van der Waals surface area contributed by atoms with Crippen LogP contribution in [-0.4, -0.2) is 43.4 Å². The third-order valence-corrected chi connectivity index (χ3v) is 3.87. The van der Waals surface area contributed by atoms with Crippen LogP contribution in [0.3, 0.4) is 0 Å². The van der Waals surface area contributed by atoms with Crippen molar-refractivity contribution in [2.45, 2.75) is 34.1 Å². The van der Waals surface area contributed by atoms with Gasteiger partial charge < -0.3 is 9.80 Å². The molecule has 0 spiro atoms. The molecule has 3 heteroatoms. The van der Waals surface area contributed by atoms with Gasteiger partial charge in [0.2, 0.25) is 0 Å². The van der Waals surface area contributed by atoms with Gasteiger partial charge in [-0.3, -0.25) is 4.79 Å². The summed E-state index contributed by atoms with van der Waals surface area (Å²) in [6.07, 6.45) is 0.603. The maximum absolute atomic E-state index is 12.2. The second-order valence-corrected chi connectivity index (χ2v) is 4.92. The molecule has 0 aliphatic heterocycles. The largest absolute Gasteiger partial charge is 0.372 e. The Morgan fingerprint density at radius 2 is 1.45 bits per heavy atom. The number of Topliss-reactive ketones (excluding diaryl/α,β-unsaturated/α-hetero) is 1. The Balaban J connectivity index is 2.61. The van der Waals surface area contributed by atoms with E-state index >= 15 is 0 Å². The lowest BCUT2D eigenvalue weighted by atomic mass is 10.1. The number of nitrogens with zero attached hydrogens (tertiary/aromatic N) is 2. The Morgan fingerprint density at radius 1 is 0.900 bits per heavy atom. The van der Waals surface area contributed by atoms with Crippen LogP contribution in [-0.2, 0) is 0 Å². The SMILES string of the molecule is CCN(CC)CCC(=O)c1ccc(N(CC)CC)cc1. The summed E-state index contributed by atoms with van der Waals surface area (Å²) in [6.45, 7) is 13.4. The fraction of sp³-hybridized carbons (Fsp3) is 0.588. The van der Waals surface area contributed by atoms with Gasteiger partial charge in [0.15, 0.2) is 5.78 Å². The number of anilines is 1. The molecular formula is C17H28N2O. The molecule has 1 aromatic carbocycles. The number of benzene rings is 1. The molecule has 0 atom stereocenters. The molecule has 0 fully saturated rings. The van der Waals surface area contributed by atoms with Crippen LogP contribution in [0.2, 0.25) is 0 Å². The van der Waals surface area contributed by atoms with E-state index in [0.717, 1.165) is 38.3 Å². The third-order valence-electron chi connectivity index (χ3n) is 3.87. The summed E-state index contributed by atoms with van der Waals surface area (Å²) in [6, 6.07) is 8.02. The highest BCUT2D eigenvalue weighted by atomic mass is 16.1. The predicted octanol–water partition coefficient (Wildman–Crippen LogP) is 3.45. The van der Waals surface area contributed by atoms with Crippen molar-refractivity contribution in [1.29, 1.82) is 0 Å². The Labute approximate surface area is 123 Å². The number of carbonyl (C=O) groups is 1. The summed E-state index contributed by atoms with van der Waals surface area (Å²) < 4.78 is 0. The minimum absolute atomic E-state index is 0.239. The van der Waals surface area contributed by atoms with E-state index in [4.69, 9.17) is 0 Å². The van der Waals surface area contributed by atoms with E-state index in [1.54, 1.807) is 0 Å². The molecule has 0 unspecified atom stereocenters. The van der Waals surface area contributed by atoms with Crippen LogP contribution in [0.1, 0.15) is 44.5 Å². The standard InChI is InChI=1S/C17H28N2O/c1-5-18(6-2)14-13-17(20)15-9-11-16(12-10-15)19(7-3)8-4/h9-12H,5-8,13-14H2,1-4H3. The highest BCUT2D eigenvalue weighted by Crippen LogP contribution is 2.16. The van der Waals surface area contributed by atoms with E-state index in [1.807, 2.05) is 12.1 Å². The highest BCUT2D eigenvalue weighted by Gasteiger charge is 2.09. The first-order chi connectivity index (χ1) is 9.65. The molecule has 0 aromatic heterocycles. The van der Waals surface area contributed by atoms with Crippen molar-refractivity contribution in [1.82, 2.24) is 4.90 Å². The predicted molar refractivity (Wildman–Crippen MR) is 86.7 cm³/mol. The molecule has 0 N–H and O–H groups in total. The highest BCUT2D eigenvalue weighted by molar-refractivity contribution is 5.96. The number of rotatable bonds is 9. The van der Waals surface area contributed by atoms with Crippen LogP contribution in [0.15, 0.2) is 24.3 Å². The molecule has 1 aromatic rings. The van der Waals surface area contributed by atoms with Gasteiger partial charge in [0, 0.05) is 37.3 Å². The summed E-state index contributed by atoms with van der Waals surface area (Å²) in [4.78, 5) is 16.7. The van der Waals surface area contributed by atoms with Crippen LogP contribution in [0.5, 0.6) is 0 Å². The Bertz CT molecular complexity index is 392. The van der Waals surface area contributed by atoms with Crippen LogP contribution in [0.25, 0.3) is 0 Å². The van der Waals surface area contributed by atoms with E-state index in [0.29, 0.717) is 6.42 Å². The summed E-state index contributed by atoms with van der Waals surface area (Å²) in [5.41, 5.74) is 2.02. The van der Waals surface area contributed by atoms with Crippen LogP contribution in [0.4, 0.5) is 5.69 Å². The van der Waals surface area contributed by atoms with Crippen molar-refractivity contribution < 1.29 is 4.79 Å². The van der Waals surface area contributed by atoms with Gasteiger partial charge in [-0.1, -0.05) is 13.8 Å². The van der Waals surface area contributed by atoms with E-state index in [9.17, 15) is 4.79 Å². The molecule has 0 radical (unpaired) electrons. The molecule has 0 heterocycles. The Kier molecular flexibility index (Phi) is 7.31. The molecule has 0 saturated carbocycles. The zero-order chi connectivity index (χ0) is 15.0. The average Bonchev–Trinajstić information content (AvgIpc) is 2.50. The molecule has 0 saturated heterocycles. The molecule has 112 valence electrons. The lowest BCUT2D eigenvalue weighted by Crippen LogP contribution is -2.25. The second-order valence-electron chi connectivity index (χ2n) is 4.92. The minimum atomic E-state index is 0.239. The first kappa shape index (κ1) is 16.7. The van der Waals surface area contributed by atoms with E-state index in [1.165, 1.54) is 5.69 Å². The lowest BCUT2D eigenvalue weighted by molar-refractivity contribution is 0.0966. The summed E-state index contributed by atoms with van der Waals surface area (Å²) in [5, 5.41) is 0. The van der Waals surface area contributed by atoms with Crippen LogP contribution in [0, 0.1) is 0 Å². The minimum Gasteiger partial charge on any atom is -0.372 e. The van der Waals surface area contributed by atoms with E-state index in [2.05, 4.69) is 49.6 Å². The van der Waals surface area contributed by atoms with Gasteiger partial charge in [-0.2, -0.15) is 0 Å². The molecule has 0 bridgehead atoms.